The molecule has 0 spiro atoms. The Kier molecular flexibility index (Phi) is 11.1. The van der Waals surface area contributed by atoms with E-state index in [1.54, 1.807) is 36.4 Å². The van der Waals surface area contributed by atoms with E-state index < -0.39 is 42.5 Å². The van der Waals surface area contributed by atoms with Crippen LogP contribution in [0.15, 0.2) is 72.8 Å². The van der Waals surface area contributed by atoms with Gasteiger partial charge in [0, 0.05) is 36.8 Å². The van der Waals surface area contributed by atoms with E-state index in [9.17, 15) is 38.1 Å². The molecule has 13 heteroatoms. The molecule has 258 valence electrons. The van der Waals surface area contributed by atoms with Crippen LogP contribution in [0.25, 0.3) is 0 Å². The summed E-state index contributed by atoms with van der Waals surface area (Å²) in [6, 6.07) is 19.3. The summed E-state index contributed by atoms with van der Waals surface area (Å²) in [5, 5.41) is 32.8. The molecule has 0 aromatic heterocycles. The van der Waals surface area contributed by atoms with Gasteiger partial charge < -0.3 is 39.9 Å². The molecule has 2 saturated heterocycles. The molecule has 0 aliphatic carbocycles. The van der Waals surface area contributed by atoms with E-state index in [-0.39, 0.29) is 43.9 Å². The van der Waals surface area contributed by atoms with E-state index in [2.05, 4.69) is 5.32 Å². The number of carbonyl (C=O) groups excluding carboxylic acids is 2. The molecule has 10 nitrogen and oxygen atoms in total. The van der Waals surface area contributed by atoms with Crippen LogP contribution in [0.5, 0.6) is 5.75 Å². The van der Waals surface area contributed by atoms with Gasteiger partial charge in [-0.15, -0.1) is 0 Å². The summed E-state index contributed by atoms with van der Waals surface area (Å²) in [4.78, 5) is 27.2. The van der Waals surface area contributed by atoms with E-state index in [4.69, 9.17) is 9.47 Å². The van der Waals surface area contributed by atoms with E-state index in [1.165, 1.54) is 12.1 Å². The number of likely N-dealkylation sites (tertiary alicyclic amines) is 1. The van der Waals surface area contributed by atoms with Crippen LogP contribution in [0.3, 0.4) is 0 Å². The number of aliphatic hydroxyl groups excluding tert-OH is 2. The molecule has 48 heavy (non-hydrogen) atoms. The molecule has 0 unspecified atom stereocenters. The highest BCUT2D eigenvalue weighted by molar-refractivity contribution is 5.98. The van der Waals surface area contributed by atoms with Crippen molar-refractivity contribution in [3.05, 3.63) is 95.1 Å². The number of hydrogen-bond acceptors (Lipinski definition) is 8. The summed E-state index contributed by atoms with van der Waals surface area (Å²) in [7, 11) is 1.86. The Morgan fingerprint density at radius 3 is 2.38 bits per heavy atom. The molecule has 2 heterocycles. The van der Waals surface area contributed by atoms with Gasteiger partial charge in [-0.05, 0) is 60.8 Å². The quantitative estimate of drug-likeness (QED) is 0.241. The number of halogens is 3. The number of aromatic hydroxyl groups is 1. The Balaban J connectivity index is 1.30. The number of benzene rings is 3. The smallest absolute Gasteiger partial charge is 0.471 e. The number of nitrogens with one attached hydrogen (secondary N) is 1. The van der Waals surface area contributed by atoms with Crippen molar-refractivity contribution in [3.63, 3.8) is 0 Å². The van der Waals surface area contributed by atoms with Gasteiger partial charge in [0.05, 0.1) is 24.9 Å². The standard InChI is InChI=1S/C35H40F3N3O7/c1-21-30(19-40(2)18-29(44)25-5-3-6-27(43)17-25)47-33(48-31(21)23-10-8-22(20-42)9-11-23)24-12-14-26(15-13-24)39-32(45)28-7-4-16-41(28)34(46)35(36,37)38/h3,5-6,8-15,17,21,28-31,33,42-44H,4,7,16,18-20H2,1-2H3,(H,39,45)/t21-,28-,29+,30+,31+,33+/m0/s1. The van der Waals surface area contributed by atoms with Crippen molar-refractivity contribution in [2.75, 3.05) is 32.0 Å². The van der Waals surface area contributed by atoms with E-state index >= 15 is 0 Å². The molecule has 2 fully saturated rings. The first-order chi connectivity index (χ1) is 22.8. The Morgan fingerprint density at radius 1 is 1.04 bits per heavy atom. The zero-order chi connectivity index (χ0) is 34.6. The van der Waals surface area contributed by atoms with Crippen molar-refractivity contribution < 1.29 is 47.6 Å². The minimum atomic E-state index is -5.06. The number of carbonyl (C=O) groups is 2. The number of nitrogens with zero attached hydrogens (tertiary/aromatic N) is 2. The van der Waals surface area contributed by atoms with Crippen LogP contribution in [0.2, 0.25) is 0 Å². The van der Waals surface area contributed by atoms with Gasteiger partial charge in [-0.25, -0.2) is 0 Å². The molecule has 0 bridgehead atoms. The SMILES string of the molecule is C[C@H]1[C@@H](CN(C)C[C@@H](O)c2cccc(O)c2)O[C@@H](c2ccc(NC(=O)[C@@H]3CCCN3C(=O)C(F)(F)F)cc2)O[C@H]1c1ccc(CO)cc1. The fraction of sp³-hybridized carbons (Fsp3) is 0.429. The molecule has 0 radical (unpaired) electrons. The van der Waals surface area contributed by atoms with Crippen molar-refractivity contribution >= 4 is 17.5 Å². The lowest BCUT2D eigenvalue weighted by atomic mass is 9.90. The first-order valence-corrected chi connectivity index (χ1v) is 15.8. The zero-order valence-electron chi connectivity index (χ0n) is 26.6. The summed E-state index contributed by atoms with van der Waals surface area (Å²) < 4.78 is 52.1. The van der Waals surface area contributed by atoms with Gasteiger partial charge in [0.1, 0.15) is 11.8 Å². The lowest BCUT2D eigenvalue weighted by Gasteiger charge is -2.42. The highest BCUT2D eigenvalue weighted by Crippen LogP contribution is 2.42. The van der Waals surface area contributed by atoms with Gasteiger partial charge in [-0.2, -0.15) is 13.2 Å². The Hall–Kier alpha value is -4.01. The first kappa shape index (κ1) is 35.3. The van der Waals surface area contributed by atoms with Gasteiger partial charge in [-0.1, -0.05) is 55.5 Å². The largest absolute Gasteiger partial charge is 0.508 e. The third-order valence-corrected chi connectivity index (χ3v) is 8.86. The predicted molar refractivity (Wildman–Crippen MR) is 169 cm³/mol. The number of hydrogen-bond donors (Lipinski definition) is 4. The Labute approximate surface area is 276 Å². The van der Waals surface area contributed by atoms with Crippen LogP contribution < -0.4 is 5.32 Å². The van der Waals surface area contributed by atoms with E-state index in [1.807, 2.05) is 43.1 Å². The van der Waals surface area contributed by atoms with Crippen LogP contribution in [-0.4, -0.2) is 81.9 Å². The molecule has 6 atom stereocenters. The molecule has 5 rings (SSSR count). The van der Waals surface area contributed by atoms with Crippen molar-refractivity contribution in [2.24, 2.45) is 5.92 Å². The minimum absolute atomic E-state index is 0.0659. The first-order valence-electron chi connectivity index (χ1n) is 15.8. The maximum Gasteiger partial charge on any atom is 0.471 e. The molecular formula is C35H40F3N3O7. The fourth-order valence-corrected chi connectivity index (χ4v) is 6.24. The number of alkyl halides is 3. The summed E-state index contributed by atoms with van der Waals surface area (Å²) >= 11 is 0. The van der Waals surface area contributed by atoms with Crippen molar-refractivity contribution in [2.45, 2.75) is 63.2 Å². The fourth-order valence-electron chi connectivity index (χ4n) is 6.24. The van der Waals surface area contributed by atoms with Gasteiger partial charge in [0.15, 0.2) is 6.29 Å². The summed E-state index contributed by atoms with van der Waals surface area (Å²) in [6.07, 6.45) is -7.05. The number of anilines is 1. The third kappa shape index (κ3) is 8.34. The summed E-state index contributed by atoms with van der Waals surface area (Å²) in [5.74, 6) is -2.78. The van der Waals surface area contributed by atoms with Crippen LogP contribution in [0, 0.1) is 5.92 Å². The number of phenolic OH excluding ortho intramolecular Hbond substituents is 1. The van der Waals surface area contributed by atoms with E-state index in [0.717, 1.165) is 11.1 Å². The highest BCUT2D eigenvalue weighted by Gasteiger charge is 2.47. The van der Waals surface area contributed by atoms with Crippen molar-refractivity contribution in [1.29, 1.82) is 0 Å². The van der Waals surface area contributed by atoms with Crippen molar-refractivity contribution in [3.8, 4) is 5.75 Å². The van der Waals surface area contributed by atoms with Gasteiger partial charge >= 0.3 is 12.1 Å². The molecular weight excluding hydrogens is 631 g/mol. The second kappa shape index (κ2) is 15.0. The number of likely N-dealkylation sites (N-methyl/N-ethyl adjacent to an activating group) is 1. The molecule has 2 amide bonds. The number of phenols is 1. The highest BCUT2D eigenvalue weighted by atomic mass is 19.4. The number of rotatable bonds is 10. The number of ether oxygens (including phenoxy) is 2. The maximum atomic E-state index is 13.0. The van der Waals surface area contributed by atoms with Crippen LogP contribution in [0.1, 0.15) is 60.5 Å². The molecule has 2 aliphatic rings. The second-order valence-corrected chi connectivity index (χ2v) is 12.4. The predicted octanol–water partition coefficient (Wildman–Crippen LogP) is 4.83. The number of aliphatic hydroxyl groups is 2. The van der Waals surface area contributed by atoms with Crippen LogP contribution >= 0.6 is 0 Å². The molecule has 3 aromatic carbocycles. The lowest BCUT2D eigenvalue weighted by Crippen LogP contribution is -2.48. The minimum Gasteiger partial charge on any atom is -0.508 e. The normalized spacial score (nSPS) is 23.7. The molecule has 2 aliphatic heterocycles. The molecule has 0 saturated carbocycles. The van der Waals surface area contributed by atoms with Crippen LogP contribution in [0.4, 0.5) is 18.9 Å². The molecule has 3 aromatic rings. The topological polar surface area (TPSA) is 132 Å². The van der Waals surface area contributed by atoms with E-state index in [0.29, 0.717) is 34.7 Å². The van der Waals surface area contributed by atoms with Gasteiger partial charge in [-0.3, -0.25) is 9.59 Å². The third-order valence-electron chi connectivity index (χ3n) is 8.86. The van der Waals surface area contributed by atoms with Gasteiger partial charge in [0.25, 0.3) is 0 Å². The summed E-state index contributed by atoms with van der Waals surface area (Å²) in [5.41, 5.74) is 3.21. The number of amides is 2. The zero-order valence-corrected chi connectivity index (χ0v) is 26.6. The summed E-state index contributed by atoms with van der Waals surface area (Å²) in [6.45, 7) is 2.49. The maximum absolute atomic E-state index is 13.0. The lowest BCUT2D eigenvalue weighted by molar-refractivity contribution is -0.276. The monoisotopic (exact) mass is 671 g/mol. The average Bonchev–Trinajstić information content (AvgIpc) is 3.55. The average molecular weight is 672 g/mol. The van der Waals surface area contributed by atoms with Crippen molar-refractivity contribution in [1.82, 2.24) is 9.80 Å². The Bertz CT molecular complexity index is 1550. The Morgan fingerprint density at radius 2 is 1.73 bits per heavy atom. The second-order valence-electron chi connectivity index (χ2n) is 12.4. The molecule has 4 N–H and O–H groups in total. The van der Waals surface area contributed by atoms with Crippen LogP contribution in [-0.2, 0) is 25.7 Å². The van der Waals surface area contributed by atoms with Gasteiger partial charge in [0.2, 0.25) is 5.91 Å².